The summed E-state index contributed by atoms with van der Waals surface area (Å²) < 4.78 is 31.7. The molecule has 2 rings (SSSR count). The summed E-state index contributed by atoms with van der Waals surface area (Å²) in [5.74, 6) is -0.481. The fourth-order valence-corrected chi connectivity index (χ4v) is 4.71. The van der Waals surface area contributed by atoms with Crippen LogP contribution in [0.1, 0.15) is 23.7 Å². The van der Waals surface area contributed by atoms with E-state index in [1.807, 2.05) is 0 Å². The molecule has 6 nitrogen and oxygen atoms in total. The number of halogens is 1. The fraction of sp³-hybridized carbons (Fsp3) is 0.462. The van der Waals surface area contributed by atoms with Crippen LogP contribution in [-0.4, -0.2) is 44.4 Å². The van der Waals surface area contributed by atoms with Gasteiger partial charge in [-0.25, -0.2) is 13.2 Å². The zero-order valence-corrected chi connectivity index (χ0v) is 14.0. The third-order valence-corrected chi connectivity index (χ3v) is 6.09. The summed E-state index contributed by atoms with van der Waals surface area (Å²) in [6, 6.07) is 4.19. The Morgan fingerprint density at radius 1 is 1.52 bits per heavy atom. The Morgan fingerprint density at radius 2 is 2.24 bits per heavy atom. The molecule has 1 aromatic carbocycles. The number of esters is 1. The Labute approximate surface area is 132 Å². The molecule has 0 saturated carbocycles. The molecule has 8 heteroatoms. The summed E-state index contributed by atoms with van der Waals surface area (Å²) in [5, 5.41) is 0. The van der Waals surface area contributed by atoms with E-state index in [4.69, 9.17) is 10.5 Å². The molecule has 0 radical (unpaired) electrons. The first-order chi connectivity index (χ1) is 9.86. The van der Waals surface area contributed by atoms with Gasteiger partial charge in [0, 0.05) is 23.6 Å². The van der Waals surface area contributed by atoms with E-state index >= 15 is 0 Å². The van der Waals surface area contributed by atoms with Crippen LogP contribution in [0.3, 0.4) is 0 Å². The van der Waals surface area contributed by atoms with Crippen molar-refractivity contribution in [2.45, 2.75) is 24.3 Å². The van der Waals surface area contributed by atoms with E-state index in [9.17, 15) is 13.2 Å². The summed E-state index contributed by atoms with van der Waals surface area (Å²) >= 11 is 3.22. The van der Waals surface area contributed by atoms with Crippen LogP contribution in [0.15, 0.2) is 27.6 Å². The summed E-state index contributed by atoms with van der Waals surface area (Å²) in [4.78, 5) is 11.8. The monoisotopic (exact) mass is 376 g/mol. The molecule has 0 spiro atoms. The van der Waals surface area contributed by atoms with Crippen molar-refractivity contribution >= 4 is 31.9 Å². The predicted molar refractivity (Wildman–Crippen MR) is 81.4 cm³/mol. The van der Waals surface area contributed by atoms with Crippen molar-refractivity contribution in [3.05, 3.63) is 28.2 Å². The first-order valence-electron chi connectivity index (χ1n) is 6.58. The number of hydrogen-bond donors (Lipinski definition) is 1. The van der Waals surface area contributed by atoms with Gasteiger partial charge < -0.3 is 10.5 Å². The minimum absolute atomic E-state index is 0.127. The topological polar surface area (TPSA) is 89.7 Å². The number of hydrogen-bond acceptors (Lipinski definition) is 5. The van der Waals surface area contributed by atoms with Gasteiger partial charge in [0.05, 0.1) is 17.1 Å². The number of ether oxygens (including phenoxy) is 1. The SMILES string of the molecule is CCOC(=O)c1ccc(S(=O)(=O)N2CC[C@@H](N)C2)c(Br)c1. The fourth-order valence-electron chi connectivity index (χ4n) is 2.16. The van der Waals surface area contributed by atoms with Crippen LogP contribution in [0.4, 0.5) is 0 Å². The van der Waals surface area contributed by atoms with Crippen molar-refractivity contribution in [2.75, 3.05) is 19.7 Å². The molecule has 116 valence electrons. The maximum Gasteiger partial charge on any atom is 0.338 e. The van der Waals surface area contributed by atoms with Crippen LogP contribution < -0.4 is 5.73 Å². The van der Waals surface area contributed by atoms with Gasteiger partial charge in [0.15, 0.2) is 0 Å². The first kappa shape index (κ1) is 16.4. The second-order valence-corrected chi connectivity index (χ2v) is 7.54. The standard InChI is InChI=1S/C13H17BrN2O4S/c1-2-20-13(17)9-3-4-12(11(14)7-9)21(18,19)16-6-5-10(15)8-16/h3-4,7,10H,2,5-6,8,15H2,1H3/t10-/m1/s1. The average molecular weight is 377 g/mol. The van der Waals surface area contributed by atoms with E-state index < -0.39 is 16.0 Å². The molecule has 1 aromatic rings. The van der Waals surface area contributed by atoms with E-state index in [2.05, 4.69) is 15.9 Å². The molecular weight excluding hydrogens is 360 g/mol. The Bertz CT molecular complexity index is 648. The van der Waals surface area contributed by atoms with Crippen LogP contribution >= 0.6 is 15.9 Å². The summed E-state index contributed by atoms with van der Waals surface area (Å²) in [5.41, 5.74) is 6.06. The first-order valence-corrected chi connectivity index (χ1v) is 8.82. The van der Waals surface area contributed by atoms with Gasteiger partial charge in [-0.2, -0.15) is 4.31 Å². The maximum atomic E-state index is 12.5. The second kappa shape index (κ2) is 6.43. The lowest BCUT2D eigenvalue weighted by Gasteiger charge is -2.17. The second-order valence-electron chi connectivity index (χ2n) is 4.78. The molecule has 1 heterocycles. The molecule has 1 fully saturated rings. The highest BCUT2D eigenvalue weighted by Crippen LogP contribution is 2.28. The molecule has 2 N–H and O–H groups in total. The molecule has 0 aromatic heterocycles. The van der Waals surface area contributed by atoms with E-state index in [-0.39, 0.29) is 17.5 Å². The third kappa shape index (κ3) is 3.45. The van der Waals surface area contributed by atoms with Crippen molar-refractivity contribution in [1.29, 1.82) is 0 Å². The third-order valence-electron chi connectivity index (χ3n) is 3.25. The average Bonchev–Trinajstić information content (AvgIpc) is 2.86. The molecule has 0 aliphatic carbocycles. The van der Waals surface area contributed by atoms with Gasteiger partial charge in [-0.1, -0.05) is 0 Å². The van der Waals surface area contributed by atoms with Gasteiger partial charge >= 0.3 is 5.97 Å². The number of carbonyl (C=O) groups excluding carboxylic acids is 1. The van der Waals surface area contributed by atoms with Crippen molar-refractivity contribution in [2.24, 2.45) is 5.73 Å². The molecular formula is C13H17BrN2O4S. The van der Waals surface area contributed by atoms with Gasteiger partial charge in [-0.05, 0) is 47.5 Å². The molecule has 1 saturated heterocycles. The van der Waals surface area contributed by atoms with E-state index in [0.717, 1.165) is 0 Å². The number of benzene rings is 1. The zero-order chi connectivity index (χ0) is 15.6. The van der Waals surface area contributed by atoms with Crippen LogP contribution in [0.5, 0.6) is 0 Å². The predicted octanol–water partition coefficient (Wildman–Crippen LogP) is 1.35. The minimum Gasteiger partial charge on any atom is -0.462 e. The van der Waals surface area contributed by atoms with Crippen molar-refractivity contribution < 1.29 is 17.9 Å². The summed E-state index contributed by atoms with van der Waals surface area (Å²) in [6.07, 6.45) is 0.651. The lowest BCUT2D eigenvalue weighted by atomic mass is 10.2. The summed E-state index contributed by atoms with van der Waals surface area (Å²) in [7, 11) is -3.60. The van der Waals surface area contributed by atoms with Gasteiger partial charge in [0.1, 0.15) is 0 Å². The van der Waals surface area contributed by atoms with Gasteiger partial charge in [0.25, 0.3) is 0 Å². The quantitative estimate of drug-likeness (QED) is 0.800. The number of carbonyl (C=O) groups is 1. The highest BCUT2D eigenvalue weighted by molar-refractivity contribution is 9.10. The molecule has 1 aliphatic rings. The Hall–Kier alpha value is -0.960. The molecule has 21 heavy (non-hydrogen) atoms. The van der Waals surface area contributed by atoms with E-state index in [1.54, 1.807) is 6.92 Å². The molecule has 1 aliphatic heterocycles. The molecule has 0 unspecified atom stereocenters. The van der Waals surface area contributed by atoms with Gasteiger partial charge in [0.2, 0.25) is 10.0 Å². The van der Waals surface area contributed by atoms with Crippen molar-refractivity contribution in [3.63, 3.8) is 0 Å². The number of sulfonamides is 1. The highest BCUT2D eigenvalue weighted by atomic mass is 79.9. The smallest absolute Gasteiger partial charge is 0.338 e. The van der Waals surface area contributed by atoms with Crippen LogP contribution in [-0.2, 0) is 14.8 Å². The lowest BCUT2D eigenvalue weighted by molar-refractivity contribution is 0.0526. The Morgan fingerprint density at radius 3 is 2.76 bits per heavy atom. The van der Waals surface area contributed by atoms with E-state index in [1.165, 1.54) is 22.5 Å². The van der Waals surface area contributed by atoms with Crippen LogP contribution in [0.2, 0.25) is 0 Å². The number of nitrogens with zero attached hydrogens (tertiary/aromatic N) is 1. The Balaban J connectivity index is 2.30. The van der Waals surface area contributed by atoms with Crippen molar-refractivity contribution in [3.8, 4) is 0 Å². The zero-order valence-electron chi connectivity index (χ0n) is 11.6. The van der Waals surface area contributed by atoms with Gasteiger partial charge in [-0.3, -0.25) is 0 Å². The summed E-state index contributed by atoms with van der Waals surface area (Å²) in [6.45, 7) is 2.70. The maximum absolute atomic E-state index is 12.5. The molecule has 0 bridgehead atoms. The molecule has 1 atom stereocenters. The number of rotatable bonds is 4. The Kier molecular flexibility index (Phi) is 5.03. The normalized spacial score (nSPS) is 19.7. The lowest BCUT2D eigenvalue weighted by Crippen LogP contribution is -2.32. The largest absolute Gasteiger partial charge is 0.462 e. The number of nitrogens with two attached hydrogens (primary N) is 1. The van der Waals surface area contributed by atoms with Crippen LogP contribution in [0, 0.1) is 0 Å². The van der Waals surface area contributed by atoms with Gasteiger partial charge in [-0.15, -0.1) is 0 Å². The molecule has 0 amide bonds. The highest BCUT2D eigenvalue weighted by Gasteiger charge is 2.32. The minimum atomic E-state index is -3.60. The van der Waals surface area contributed by atoms with Crippen molar-refractivity contribution in [1.82, 2.24) is 4.31 Å². The van der Waals surface area contributed by atoms with E-state index in [0.29, 0.717) is 29.5 Å². The van der Waals surface area contributed by atoms with Crippen LogP contribution in [0.25, 0.3) is 0 Å².